The highest BCUT2D eigenvalue weighted by Gasteiger charge is 2.33. The van der Waals surface area contributed by atoms with Crippen LogP contribution in [0.4, 0.5) is 5.69 Å². The Morgan fingerprint density at radius 3 is 2.27 bits per heavy atom. The highest BCUT2D eigenvalue weighted by Crippen LogP contribution is 2.40. The van der Waals surface area contributed by atoms with Crippen LogP contribution in [0, 0.1) is 11.3 Å². The number of nitriles is 1. The molecule has 1 atom stereocenters. The number of benzene rings is 3. The van der Waals surface area contributed by atoms with Gasteiger partial charge in [-0.25, -0.2) is 13.6 Å². The Morgan fingerprint density at radius 2 is 1.64 bits per heavy atom. The standard InChI is InChI=1S/C23H17Cl2N3O4S/c24-16-2-1-14(12-26)21(10-16)32-22-11-17(25)3-8-20(22)15-9-23(29)28(13-15)18-4-6-19(7-5-18)33(27,30)31/h1-8,10-11,15H,9,13H2,(H2,27,30,31)/t15-/m0/s1. The third-order valence-electron chi connectivity index (χ3n) is 5.30. The van der Waals surface area contributed by atoms with Gasteiger partial charge >= 0.3 is 0 Å². The van der Waals surface area contributed by atoms with Crippen molar-refractivity contribution in [2.75, 3.05) is 11.4 Å². The summed E-state index contributed by atoms with van der Waals surface area (Å²) in [6, 6.07) is 17.7. The second-order valence-electron chi connectivity index (χ2n) is 7.48. The van der Waals surface area contributed by atoms with E-state index in [9.17, 15) is 18.5 Å². The molecule has 0 aliphatic carbocycles. The Balaban J connectivity index is 1.64. The van der Waals surface area contributed by atoms with Crippen molar-refractivity contribution in [3.8, 4) is 17.6 Å². The summed E-state index contributed by atoms with van der Waals surface area (Å²) in [6.45, 7) is 0.353. The zero-order chi connectivity index (χ0) is 23.8. The van der Waals surface area contributed by atoms with E-state index >= 15 is 0 Å². The van der Waals surface area contributed by atoms with Crippen molar-refractivity contribution in [2.45, 2.75) is 17.2 Å². The highest BCUT2D eigenvalue weighted by atomic mass is 35.5. The van der Waals surface area contributed by atoms with Crippen molar-refractivity contribution in [1.29, 1.82) is 5.26 Å². The van der Waals surface area contributed by atoms with Gasteiger partial charge in [-0.05, 0) is 48.5 Å². The lowest BCUT2D eigenvalue weighted by molar-refractivity contribution is -0.117. The molecule has 1 aliphatic rings. The number of primary sulfonamides is 1. The van der Waals surface area contributed by atoms with E-state index in [0.717, 1.165) is 5.56 Å². The molecule has 1 saturated heterocycles. The normalized spacial score (nSPS) is 16.0. The van der Waals surface area contributed by atoms with Gasteiger partial charge in [0.25, 0.3) is 0 Å². The maximum Gasteiger partial charge on any atom is 0.238 e. The van der Waals surface area contributed by atoms with Crippen molar-refractivity contribution in [1.82, 2.24) is 0 Å². The number of rotatable bonds is 5. The molecule has 0 radical (unpaired) electrons. The summed E-state index contributed by atoms with van der Waals surface area (Å²) in [7, 11) is -3.82. The first-order valence-electron chi connectivity index (χ1n) is 9.76. The number of nitrogens with two attached hydrogens (primary N) is 1. The first-order valence-corrected chi connectivity index (χ1v) is 12.1. The molecule has 1 heterocycles. The average Bonchev–Trinajstić information content (AvgIpc) is 3.15. The van der Waals surface area contributed by atoms with Crippen LogP contribution < -0.4 is 14.8 Å². The fourth-order valence-corrected chi connectivity index (χ4v) is 4.55. The highest BCUT2D eigenvalue weighted by molar-refractivity contribution is 7.89. The van der Waals surface area contributed by atoms with Gasteiger partial charge < -0.3 is 9.64 Å². The van der Waals surface area contributed by atoms with Gasteiger partial charge in [-0.15, -0.1) is 0 Å². The van der Waals surface area contributed by atoms with Crippen LogP contribution in [0.3, 0.4) is 0 Å². The second kappa shape index (κ2) is 9.04. The number of sulfonamides is 1. The molecule has 3 aromatic rings. The van der Waals surface area contributed by atoms with Crippen LogP contribution in [-0.4, -0.2) is 20.9 Å². The molecule has 0 bridgehead atoms. The lowest BCUT2D eigenvalue weighted by atomic mass is 9.97. The topological polar surface area (TPSA) is 113 Å². The summed E-state index contributed by atoms with van der Waals surface area (Å²) in [6.07, 6.45) is 0.218. The third-order valence-corrected chi connectivity index (χ3v) is 6.70. The van der Waals surface area contributed by atoms with Gasteiger partial charge in [-0.2, -0.15) is 5.26 Å². The van der Waals surface area contributed by atoms with E-state index in [1.165, 1.54) is 12.1 Å². The van der Waals surface area contributed by atoms with Crippen molar-refractivity contribution in [3.63, 3.8) is 0 Å². The number of carbonyl (C=O) groups is 1. The first kappa shape index (κ1) is 23.1. The molecule has 0 spiro atoms. The van der Waals surface area contributed by atoms with E-state index < -0.39 is 10.0 Å². The summed E-state index contributed by atoms with van der Waals surface area (Å²) in [5, 5.41) is 15.4. The Morgan fingerprint density at radius 1 is 1.00 bits per heavy atom. The molecule has 0 unspecified atom stereocenters. The largest absolute Gasteiger partial charge is 0.456 e. The van der Waals surface area contributed by atoms with Crippen LogP contribution in [0.2, 0.25) is 10.0 Å². The molecule has 0 saturated carbocycles. The van der Waals surface area contributed by atoms with Crippen LogP contribution in [0.5, 0.6) is 11.5 Å². The van der Waals surface area contributed by atoms with Crippen LogP contribution >= 0.6 is 23.2 Å². The number of amides is 1. The lowest BCUT2D eigenvalue weighted by Gasteiger charge is -2.19. The molecule has 2 N–H and O–H groups in total. The van der Waals surface area contributed by atoms with Gasteiger partial charge in [0.15, 0.2) is 0 Å². The van der Waals surface area contributed by atoms with Crippen molar-refractivity contribution in [2.24, 2.45) is 5.14 Å². The van der Waals surface area contributed by atoms with Crippen LogP contribution in [-0.2, 0) is 14.8 Å². The van der Waals surface area contributed by atoms with Gasteiger partial charge in [-0.1, -0.05) is 29.3 Å². The van der Waals surface area contributed by atoms with Crippen molar-refractivity contribution < 1.29 is 17.9 Å². The lowest BCUT2D eigenvalue weighted by Crippen LogP contribution is -2.24. The summed E-state index contributed by atoms with van der Waals surface area (Å²) in [4.78, 5) is 14.3. The number of hydrogen-bond donors (Lipinski definition) is 1. The molecule has 7 nitrogen and oxygen atoms in total. The van der Waals surface area contributed by atoms with Crippen LogP contribution in [0.15, 0.2) is 65.6 Å². The number of carbonyl (C=O) groups excluding carboxylic acids is 1. The quantitative estimate of drug-likeness (QED) is 0.537. The summed E-state index contributed by atoms with van der Waals surface area (Å²) in [5.74, 6) is 0.371. The maximum absolute atomic E-state index is 12.8. The molecule has 3 aromatic carbocycles. The molecule has 10 heteroatoms. The predicted molar refractivity (Wildman–Crippen MR) is 125 cm³/mol. The fourth-order valence-electron chi connectivity index (χ4n) is 3.71. The number of anilines is 1. The first-order chi connectivity index (χ1) is 15.7. The molecule has 1 aliphatic heterocycles. The molecule has 4 rings (SSSR count). The minimum Gasteiger partial charge on any atom is -0.456 e. The monoisotopic (exact) mass is 501 g/mol. The summed E-state index contributed by atoms with van der Waals surface area (Å²) >= 11 is 12.3. The fraction of sp³-hybridized carbons (Fsp3) is 0.130. The molecule has 0 aromatic heterocycles. The van der Waals surface area contributed by atoms with Crippen LogP contribution in [0.25, 0.3) is 0 Å². The van der Waals surface area contributed by atoms with Gasteiger partial charge in [0, 0.05) is 46.2 Å². The van der Waals surface area contributed by atoms with Crippen molar-refractivity contribution >= 4 is 44.8 Å². The number of hydrogen-bond acceptors (Lipinski definition) is 5. The van der Waals surface area contributed by atoms with E-state index in [1.54, 1.807) is 53.4 Å². The van der Waals surface area contributed by atoms with Gasteiger partial charge in [0.2, 0.25) is 15.9 Å². The van der Waals surface area contributed by atoms with E-state index in [4.69, 9.17) is 33.1 Å². The smallest absolute Gasteiger partial charge is 0.238 e. The number of nitrogens with zero attached hydrogens (tertiary/aromatic N) is 2. The van der Waals surface area contributed by atoms with E-state index in [2.05, 4.69) is 6.07 Å². The minimum absolute atomic E-state index is 0.0300. The molecular formula is C23H17Cl2N3O4S. The Labute approximate surface area is 200 Å². The maximum atomic E-state index is 12.8. The van der Waals surface area contributed by atoms with Crippen molar-refractivity contribution in [3.05, 3.63) is 81.8 Å². The van der Waals surface area contributed by atoms with E-state index in [1.807, 2.05) is 0 Å². The second-order valence-corrected chi connectivity index (χ2v) is 9.92. The predicted octanol–water partition coefficient (Wildman–Crippen LogP) is 4.83. The van der Waals surface area contributed by atoms with Gasteiger partial charge in [0.1, 0.15) is 17.6 Å². The zero-order valence-corrected chi connectivity index (χ0v) is 19.4. The SMILES string of the molecule is N#Cc1ccc(Cl)cc1Oc1cc(Cl)ccc1[C@H]1CC(=O)N(c2ccc(S(N)(=O)=O)cc2)C1. The number of ether oxygens (including phenoxy) is 1. The molecule has 168 valence electrons. The van der Waals surface area contributed by atoms with E-state index in [-0.39, 0.29) is 28.9 Å². The van der Waals surface area contributed by atoms with Gasteiger partial charge in [-0.3, -0.25) is 4.79 Å². The Bertz CT molecular complexity index is 1390. The summed E-state index contributed by atoms with van der Waals surface area (Å²) < 4.78 is 29.0. The number of halogens is 2. The minimum atomic E-state index is -3.82. The molecule has 1 fully saturated rings. The third kappa shape index (κ3) is 4.97. The molecule has 33 heavy (non-hydrogen) atoms. The average molecular weight is 502 g/mol. The summed E-state index contributed by atoms with van der Waals surface area (Å²) in [5.41, 5.74) is 1.62. The van der Waals surface area contributed by atoms with Gasteiger partial charge in [0.05, 0.1) is 10.5 Å². The Hall–Kier alpha value is -3.09. The molecular weight excluding hydrogens is 485 g/mol. The molecule has 1 amide bonds. The Kier molecular flexibility index (Phi) is 6.32. The van der Waals surface area contributed by atoms with Crippen LogP contribution in [0.1, 0.15) is 23.5 Å². The van der Waals surface area contributed by atoms with E-state index in [0.29, 0.717) is 33.6 Å². The zero-order valence-electron chi connectivity index (χ0n) is 17.0.